The molecule has 0 bridgehead atoms. The van der Waals surface area contributed by atoms with Gasteiger partial charge in [-0.25, -0.2) is 18.3 Å². The fraction of sp³-hybridized carbons (Fsp3) is 0.235. The number of alkyl halides is 1. The predicted molar refractivity (Wildman–Crippen MR) is 87.5 cm³/mol. The minimum absolute atomic E-state index is 0.120. The summed E-state index contributed by atoms with van der Waals surface area (Å²) >= 11 is 0. The molecule has 3 heterocycles. The molecule has 6 nitrogen and oxygen atoms in total. The van der Waals surface area contributed by atoms with Crippen LogP contribution >= 0.6 is 0 Å². The number of benzene rings is 1. The summed E-state index contributed by atoms with van der Waals surface area (Å²) < 4.78 is 37.3. The summed E-state index contributed by atoms with van der Waals surface area (Å²) in [4.78, 5) is 17.5. The fourth-order valence-electron chi connectivity index (χ4n) is 3.13. The van der Waals surface area contributed by atoms with Gasteiger partial charge in [0.25, 0.3) is 5.91 Å². The standard InChI is InChI=1S/C17H15F2N5O/c18-11-3-1-2-10(6-11)14-7-12(19)9-23(14)15-4-5-24-17(22-15)13(8-21-24)16(20)25/h1-6,8,12,14H,7,9H2,(H2,20,25)/t12?,14-/m1/s1/i12D. The van der Waals surface area contributed by atoms with Gasteiger partial charge in [0, 0.05) is 12.6 Å². The molecule has 2 atom stereocenters. The Bertz CT molecular complexity index is 1010. The summed E-state index contributed by atoms with van der Waals surface area (Å²) in [5.74, 6) is -0.742. The summed E-state index contributed by atoms with van der Waals surface area (Å²) in [6.45, 7) is -0.225. The second-order valence-corrected chi connectivity index (χ2v) is 5.90. The summed E-state index contributed by atoms with van der Waals surface area (Å²) in [5.41, 5.74) is 6.27. The molecule has 2 aromatic heterocycles. The zero-order valence-corrected chi connectivity index (χ0v) is 13.1. The first-order valence-electron chi connectivity index (χ1n) is 8.19. The SMILES string of the molecule is [2H]C1(F)C[C@H](c2cccc(F)c2)N(c2ccn3ncc(C(N)=O)c3n2)C1. The molecule has 3 aromatic rings. The number of nitrogens with two attached hydrogens (primary N) is 1. The first kappa shape index (κ1) is 14.3. The zero-order chi connectivity index (χ0) is 18.5. The van der Waals surface area contributed by atoms with Crippen LogP contribution in [0.4, 0.5) is 14.6 Å². The second kappa shape index (κ2) is 5.80. The molecule has 1 aliphatic heterocycles. The maximum Gasteiger partial charge on any atom is 0.254 e. The summed E-state index contributed by atoms with van der Waals surface area (Å²) in [5, 5.41) is 4.00. The van der Waals surface area contributed by atoms with Gasteiger partial charge >= 0.3 is 0 Å². The third-order valence-electron chi connectivity index (χ3n) is 4.28. The number of rotatable bonds is 3. The quantitative estimate of drug-likeness (QED) is 0.791. The van der Waals surface area contributed by atoms with E-state index in [-0.39, 0.29) is 24.2 Å². The monoisotopic (exact) mass is 344 g/mol. The highest BCUT2D eigenvalue weighted by molar-refractivity contribution is 5.98. The van der Waals surface area contributed by atoms with Crippen molar-refractivity contribution in [1.82, 2.24) is 14.6 Å². The van der Waals surface area contributed by atoms with Gasteiger partial charge in [-0.15, -0.1) is 0 Å². The summed E-state index contributed by atoms with van der Waals surface area (Å²) in [6, 6.07) is 6.92. The molecule has 0 aliphatic carbocycles. The van der Waals surface area contributed by atoms with E-state index in [1.165, 1.54) is 22.8 Å². The molecule has 0 radical (unpaired) electrons. The van der Waals surface area contributed by atoms with Gasteiger partial charge < -0.3 is 10.6 Å². The lowest BCUT2D eigenvalue weighted by atomic mass is 10.0. The molecular weight excluding hydrogens is 328 g/mol. The van der Waals surface area contributed by atoms with Gasteiger partial charge in [0.1, 0.15) is 23.3 Å². The Kier molecular flexibility index (Phi) is 3.32. The molecule has 1 unspecified atom stereocenters. The maximum atomic E-state index is 14.5. The average Bonchev–Trinajstić information content (AvgIpc) is 3.14. The third kappa shape index (κ3) is 2.69. The molecule has 1 aliphatic rings. The molecule has 1 saturated heterocycles. The number of carbonyl (C=O) groups is 1. The van der Waals surface area contributed by atoms with Crippen LogP contribution in [0.15, 0.2) is 42.7 Å². The van der Waals surface area contributed by atoms with E-state index in [9.17, 15) is 13.6 Å². The lowest BCUT2D eigenvalue weighted by molar-refractivity contribution is 0.100. The van der Waals surface area contributed by atoms with Crippen molar-refractivity contribution in [2.24, 2.45) is 5.73 Å². The Morgan fingerprint density at radius 1 is 1.40 bits per heavy atom. The summed E-state index contributed by atoms with van der Waals surface area (Å²) in [6.07, 6.45) is 0.574. The first-order valence-corrected chi connectivity index (χ1v) is 7.69. The van der Waals surface area contributed by atoms with E-state index < -0.39 is 23.9 Å². The molecule has 8 heteroatoms. The van der Waals surface area contributed by atoms with E-state index in [2.05, 4.69) is 10.1 Å². The third-order valence-corrected chi connectivity index (χ3v) is 4.28. The van der Waals surface area contributed by atoms with E-state index >= 15 is 0 Å². The smallest absolute Gasteiger partial charge is 0.254 e. The van der Waals surface area contributed by atoms with Crippen molar-refractivity contribution in [1.29, 1.82) is 0 Å². The number of carbonyl (C=O) groups excluding carboxylic acids is 1. The minimum Gasteiger partial charge on any atom is -0.365 e. The van der Waals surface area contributed by atoms with Gasteiger partial charge in [-0.2, -0.15) is 5.10 Å². The van der Waals surface area contributed by atoms with Crippen LogP contribution in [0.1, 0.15) is 29.8 Å². The van der Waals surface area contributed by atoms with Crippen molar-refractivity contribution in [3.8, 4) is 0 Å². The average molecular weight is 344 g/mol. The van der Waals surface area contributed by atoms with Crippen molar-refractivity contribution >= 4 is 17.4 Å². The van der Waals surface area contributed by atoms with Crippen molar-refractivity contribution in [3.63, 3.8) is 0 Å². The number of hydrogen-bond acceptors (Lipinski definition) is 4. The van der Waals surface area contributed by atoms with E-state index in [0.717, 1.165) is 0 Å². The van der Waals surface area contributed by atoms with E-state index in [4.69, 9.17) is 7.10 Å². The fourth-order valence-corrected chi connectivity index (χ4v) is 3.13. The number of aromatic nitrogens is 3. The van der Waals surface area contributed by atoms with Crippen LogP contribution in [-0.2, 0) is 0 Å². The van der Waals surface area contributed by atoms with Crippen molar-refractivity contribution in [3.05, 3.63) is 59.7 Å². The van der Waals surface area contributed by atoms with Gasteiger partial charge in [-0.1, -0.05) is 12.1 Å². The van der Waals surface area contributed by atoms with Gasteiger partial charge in [0.05, 0.1) is 20.2 Å². The number of halogens is 2. The largest absolute Gasteiger partial charge is 0.365 e. The van der Waals surface area contributed by atoms with Crippen LogP contribution in [0.25, 0.3) is 5.65 Å². The highest BCUT2D eigenvalue weighted by Gasteiger charge is 2.34. The summed E-state index contributed by atoms with van der Waals surface area (Å²) in [7, 11) is 0. The number of nitrogens with zero attached hydrogens (tertiary/aromatic N) is 4. The molecule has 128 valence electrons. The topological polar surface area (TPSA) is 76.5 Å². The van der Waals surface area contributed by atoms with Crippen LogP contribution in [0.5, 0.6) is 0 Å². The number of fused-ring (bicyclic) bond motifs is 1. The van der Waals surface area contributed by atoms with E-state index in [1.54, 1.807) is 29.3 Å². The molecule has 1 aromatic carbocycles. The Hall–Kier alpha value is -3.03. The molecule has 25 heavy (non-hydrogen) atoms. The number of primary amides is 1. The molecular formula is C17H15F2N5O. The Morgan fingerprint density at radius 2 is 2.24 bits per heavy atom. The van der Waals surface area contributed by atoms with Gasteiger partial charge in [-0.05, 0) is 23.8 Å². The number of anilines is 1. The molecule has 0 saturated carbocycles. The Morgan fingerprint density at radius 3 is 3.00 bits per heavy atom. The lowest BCUT2D eigenvalue weighted by Crippen LogP contribution is -2.25. The van der Waals surface area contributed by atoms with E-state index in [1.807, 2.05) is 0 Å². The Balaban J connectivity index is 1.80. The van der Waals surface area contributed by atoms with Gasteiger partial charge in [-0.3, -0.25) is 4.79 Å². The lowest BCUT2D eigenvalue weighted by Gasteiger charge is -2.25. The van der Waals surface area contributed by atoms with Gasteiger partial charge in [0.2, 0.25) is 0 Å². The molecule has 1 fully saturated rings. The maximum absolute atomic E-state index is 14.5. The Labute approximate surface area is 143 Å². The van der Waals surface area contributed by atoms with Crippen LogP contribution < -0.4 is 10.6 Å². The number of amides is 1. The number of hydrogen-bond donors (Lipinski definition) is 1. The highest BCUT2D eigenvalue weighted by Crippen LogP contribution is 2.37. The van der Waals surface area contributed by atoms with Crippen molar-refractivity contribution in [2.75, 3.05) is 11.4 Å². The minimum atomic E-state index is -2.20. The van der Waals surface area contributed by atoms with Crippen molar-refractivity contribution < 1.29 is 14.9 Å². The van der Waals surface area contributed by atoms with Crippen LogP contribution in [0, 0.1) is 5.82 Å². The zero-order valence-electron chi connectivity index (χ0n) is 14.1. The van der Waals surface area contributed by atoms with Crippen LogP contribution in [-0.4, -0.2) is 33.2 Å². The molecule has 1 amide bonds. The highest BCUT2D eigenvalue weighted by atomic mass is 19.1. The molecule has 2 N–H and O–H groups in total. The first-order chi connectivity index (χ1) is 12.3. The van der Waals surface area contributed by atoms with Crippen LogP contribution in [0.3, 0.4) is 0 Å². The molecule has 4 rings (SSSR count). The second-order valence-electron chi connectivity index (χ2n) is 5.90. The normalized spacial score (nSPS) is 23.8. The van der Waals surface area contributed by atoms with Crippen molar-refractivity contribution in [2.45, 2.75) is 18.6 Å². The van der Waals surface area contributed by atoms with E-state index in [0.29, 0.717) is 11.4 Å². The molecule has 0 spiro atoms. The predicted octanol–water partition coefficient (Wildman–Crippen LogP) is 2.26. The van der Waals surface area contributed by atoms with Gasteiger partial charge in [0.15, 0.2) is 5.65 Å². The van der Waals surface area contributed by atoms with Crippen LogP contribution in [0.2, 0.25) is 0 Å².